The number of nitrogen functional groups attached to an aromatic ring is 1. The van der Waals surface area contributed by atoms with Gasteiger partial charge in [-0.2, -0.15) is 15.0 Å². The number of nitrogens with two attached hydrogens (primary N) is 1. The summed E-state index contributed by atoms with van der Waals surface area (Å²) < 4.78 is 2.36. The fourth-order valence-corrected chi connectivity index (χ4v) is 5.20. The maximum Gasteiger partial charge on any atom is 0.229 e. The van der Waals surface area contributed by atoms with Gasteiger partial charge in [-0.05, 0) is 24.3 Å². The highest BCUT2D eigenvalue weighted by molar-refractivity contribution is 7.98. The van der Waals surface area contributed by atoms with E-state index in [9.17, 15) is 0 Å². The predicted octanol–water partition coefficient (Wildman–Crippen LogP) is 3.56. The van der Waals surface area contributed by atoms with Crippen LogP contribution in [0.1, 0.15) is 54.7 Å². The lowest BCUT2D eigenvalue weighted by atomic mass is 9.95. The summed E-state index contributed by atoms with van der Waals surface area (Å²) in [6, 6.07) is 4.72. The molecule has 0 saturated heterocycles. The summed E-state index contributed by atoms with van der Waals surface area (Å²) in [7, 11) is 3.78. The van der Waals surface area contributed by atoms with Crippen LogP contribution in [0, 0.1) is 0 Å². The first-order chi connectivity index (χ1) is 14.1. The molecule has 3 aromatic heterocycles. The van der Waals surface area contributed by atoms with Crippen LogP contribution in [0.3, 0.4) is 0 Å². The molecule has 29 heavy (non-hydrogen) atoms. The summed E-state index contributed by atoms with van der Waals surface area (Å²) in [5.74, 6) is 3.10. The van der Waals surface area contributed by atoms with E-state index in [1.165, 1.54) is 37.0 Å². The second-order valence-electron chi connectivity index (χ2n) is 7.41. The number of anilines is 2. The Morgan fingerprint density at radius 1 is 1.17 bits per heavy atom. The van der Waals surface area contributed by atoms with Crippen molar-refractivity contribution in [3.63, 3.8) is 0 Å². The molecule has 10 heteroatoms. The van der Waals surface area contributed by atoms with E-state index < -0.39 is 0 Å². The molecule has 0 amide bonds. The van der Waals surface area contributed by atoms with Crippen LogP contribution in [0.2, 0.25) is 0 Å². The molecule has 1 saturated carbocycles. The van der Waals surface area contributed by atoms with E-state index >= 15 is 0 Å². The van der Waals surface area contributed by atoms with Gasteiger partial charge in [0.25, 0.3) is 0 Å². The first-order valence-corrected chi connectivity index (χ1v) is 11.7. The maximum atomic E-state index is 5.86. The zero-order valence-corrected chi connectivity index (χ0v) is 18.4. The van der Waals surface area contributed by atoms with Crippen molar-refractivity contribution in [3.05, 3.63) is 34.0 Å². The molecule has 3 aromatic rings. The topological polar surface area (TPSA) is 98.6 Å². The van der Waals surface area contributed by atoms with Crippen LogP contribution in [0.15, 0.2) is 22.7 Å². The number of hydrogen-bond donors (Lipinski definition) is 1. The van der Waals surface area contributed by atoms with E-state index in [-0.39, 0.29) is 5.95 Å². The number of nitrogens with zero attached hydrogens (tertiary/aromatic N) is 7. The van der Waals surface area contributed by atoms with Gasteiger partial charge in [-0.25, -0.2) is 0 Å². The van der Waals surface area contributed by atoms with Gasteiger partial charge in [0.2, 0.25) is 11.9 Å². The van der Waals surface area contributed by atoms with Crippen LogP contribution in [0.25, 0.3) is 0 Å². The van der Waals surface area contributed by atoms with Crippen LogP contribution in [-0.4, -0.2) is 43.8 Å². The zero-order chi connectivity index (χ0) is 20.2. The monoisotopic (exact) mass is 430 g/mol. The first kappa shape index (κ1) is 20.1. The van der Waals surface area contributed by atoms with Crippen molar-refractivity contribution in [2.45, 2.75) is 55.5 Å². The Bertz CT molecular complexity index is 932. The summed E-state index contributed by atoms with van der Waals surface area (Å²) in [4.78, 5) is 16.1. The summed E-state index contributed by atoms with van der Waals surface area (Å²) in [5, 5.41) is 12.1. The SMILES string of the molecule is CN(C)c1nc(N)nc(CSc2nnc(Cc3cccs3)n2C2CCCCC2)n1. The Kier molecular flexibility index (Phi) is 6.29. The van der Waals surface area contributed by atoms with E-state index in [1.807, 2.05) is 19.0 Å². The van der Waals surface area contributed by atoms with Crippen molar-refractivity contribution in [2.24, 2.45) is 0 Å². The van der Waals surface area contributed by atoms with Gasteiger partial charge in [0, 0.05) is 31.4 Å². The number of thioether (sulfide) groups is 1. The lowest BCUT2D eigenvalue weighted by Crippen LogP contribution is -2.17. The summed E-state index contributed by atoms with van der Waals surface area (Å²) in [6.07, 6.45) is 7.05. The molecular formula is C19H26N8S2. The van der Waals surface area contributed by atoms with Gasteiger partial charge >= 0.3 is 0 Å². The van der Waals surface area contributed by atoms with Gasteiger partial charge in [0.1, 0.15) is 11.6 Å². The van der Waals surface area contributed by atoms with Crippen LogP contribution in [0.5, 0.6) is 0 Å². The van der Waals surface area contributed by atoms with Crippen molar-refractivity contribution >= 4 is 35.0 Å². The van der Waals surface area contributed by atoms with Gasteiger partial charge in [-0.15, -0.1) is 21.5 Å². The maximum absolute atomic E-state index is 5.86. The highest BCUT2D eigenvalue weighted by Crippen LogP contribution is 2.34. The van der Waals surface area contributed by atoms with Crippen molar-refractivity contribution in [1.82, 2.24) is 29.7 Å². The van der Waals surface area contributed by atoms with Crippen molar-refractivity contribution in [3.8, 4) is 0 Å². The van der Waals surface area contributed by atoms with E-state index in [1.54, 1.807) is 23.1 Å². The highest BCUT2D eigenvalue weighted by Gasteiger charge is 2.23. The number of rotatable bonds is 7. The van der Waals surface area contributed by atoms with Gasteiger partial charge in [0.05, 0.1) is 5.75 Å². The first-order valence-electron chi connectivity index (χ1n) is 9.87. The Labute approximate surface area is 179 Å². The number of aromatic nitrogens is 6. The fraction of sp³-hybridized carbons (Fsp3) is 0.526. The van der Waals surface area contributed by atoms with Crippen LogP contribution in [-0.2, 0) is 12.2 Å². The Balaban J connectivity index is 1.57. The standard InChI is InChI=1S/C19H26N8S2/c1-26(2)18-22-15(21-17(20)23-18)12-29-19-25-24-16(11-14-9-6-10-28-14)27(19)13-7-4-3-5-8-13/h6,9-10,13H,3-5,7-8,11-12H2,1-2H3,(H2,20,21,22,23). The largest absolute Gasteiger partial charge is 0.368 e. The summed E-state index contributed by atoms with van der Waals surface area (Å²) >= 11 is 3.39. The van der Waals surface area contributed by atoms with Crippen molar-refractivity contribution in [1.29, 1.82) is 0 Å². The molecule has 0 spiro atoms. The Hall–Kier alpha value is -2.20. The van der Waals surface area contributed by atoms with E-state index in [0.717, 1.165) is 17.4 Å². The minimum absolute atomic E-state index is 0.242. The van der Waals surface area contributed by atoms with Crippen LogP contribution < -0.4 is 10.6 Å². The Morgan fingerprint density at radius 2 is 2.00 bits per heavy atom. The summed E-state index contributed by atoms with van der Waals surface area (Å²) in [5.41, 5.74) is 5.86. The molecule has 4 rings (SSSR count). The van der Waals surface area contributed by atoms with Crippen molar-refractivity contribution < 1.29 is 0 Å². The second kappa shape index (κ2) is 9.08. The minimum atomic E-state index is 0.242. The molecule has 0 radical (unpaired) electrons. The Morgan fingerprint density at radius 3 is 2.72 bits per heavy atom. The van der Waals surface area contributed by atoms with Crippen LogP contribution >= 0.6 is 23.1 Å². The smallest absolute Gasteiger partial charge is 0.229 e. The molecule has 2 N–H and O–H groups in total. The average molecular weight is 431 g/mol. The zero-order valence-electron chi connectivity index (χ0n) is 16.8. The average Bonchev–Trinajstić information content (AvgIpc) is 3.37. The van der Waals surface area contributed by atoms with E-state index in [0.29, 0.717) is 23.6 Å². The van der Waals surface area contributed by atoms with Gasteiger partial charge in [0.15, 0.2) is 5.16 Å². The molecule has 1 aliphatic carbocycles. The third-order valence-corrected chi connectivity index (χ3v) is 6.82. The van der Waals surface area contributed by atoms with Gasteiger partial charge in [-0.1, -0.05) is 37.1 Å². The lowest BCUT2D eigenvalue weighted by molar-refractivity contribution is 0.330. The van der Waals surface area contributed by atoms with Crippen LogP contribution in [0.4, 0.5) is 11.9 Å². The summed E-state index contributed by atoms with van der Waals surface area (Å²) in [6.45, 7) is 0. The van der Waals surface area contributed by atoms with Gasteiger partial charge < -0.3 is 15.2 Å². The number of thiophene rings is 1. The van der Waals surface area contributed by atoms with Gasteiger partial charge in [-0.3, -0.25) is 0 Å². The van der Waals surface area contributed by atoms with Crippen molar-refractivity contribution in [2.75, 3.05) is 24.7 Å². The highest BCUT2D eigenvalue weighted by atomic mass is 32.2. The third-order valence-electron chi connectivity index (χ3n) is 5.01. The lowest BCUT2D eigenvalue weighted by Gasteiger charge is -2.25. The normalized spacial score (nSPS) is 15.0. The van der Waals surface area contributed by atoms with E-state index in [4.69, 9.17) is 5.73 Å². The molecule has 154 valence electrons. The predicted molar refractivity (Wildman–Crippen MR) is 117 cm³/mol. The molecule has 3 heterocycles. The molecule has 0 bridgehead atoms. The fourth-order valence-electron chi connectivity index (χ4n) is 3.62. The molecule has 1 aliphatic rings. The molecule has 0 aliphatic heterocycles. The molecule has 1 fully saturated rings. The molecule has 0 aromatic carbocycles. The molecular weight excluding hydrogens is 404 g/mol. The third kappa shape index (κ3) is 4.87. The second-order valence-corrected chi connectivity index (χ2v) is 9.38. The number of hydrogen-bond acceptors (Lipinski definition) is 9. The molecule has 8 nitrogen and oxygen atoms in total. The molecule has 0 unspecified atom stereocenters. The molecule has 0 atom stereocenters. The quantitative estimate of drug-likeness (QED) is 0.568. The minimum Gasteiger partial charge on any atom is -0.368 e. The van der Waals surface area contributed by atoms with E-state index in [2.05, 4.69) is 47.2 Å².